The SMILES string of the molecule is CC[C@@H](N)C(=O)N1CCOC(CC(=O)O)C1. The van der Waals surface area contributed by atoms with E-state index in [1.807, 2.05) is 6.92 Å². The topological polar surface area (TPSA) is 92.9 Å². The van der Waals surface area contributed by atoms with Crippen molar-refractivity contribution in [3.8, 4) is 0 Å². The van der Waals surface area contributed by atoms with Gasteiger partial charge in [0.2, 0.25) is 5.91 Å². The van der Waals surface area contributed by atoms with E-state index in [1.54, 1.807) is 4.90 Å². The third-order valence-electron chi connectivity index (χ3n) is 2.61. The first kappa shape index (κ1) is 12.9. The van der Waals surface area contributed by atoms with Crippen molar-refractivity contribution in [2.75, 3.05) is 19.7 Å². The van der Waals surface area contributed by atoms with Gasteiger partial charge in [0.15, 0.2) is 0 Å². The predicted octanol–water partition coefficient (Wildman–Crippen LogP) is -0.574. The Kier molecular flexibility index (Phi) is 4.70. The van der Waals surface area contributed by atoms with E-state index in [4.69, 9.17) is 15.6 Å². The minimum atomic E-state index is -0.918. The number of carboxylic acid groups (broad SMARTS) is 1. The first-order valence-electron chi connectivity index (χ1n) is 5.42. The molecule has 0 saturated carbocycles. The third kappa shape index (κ3) is 3.46. The second-order valence-corrected chi connectivity index (χ2v) is 3.89. The number of carbonyl (C=O) groups excluding carboxylic acids is 1. The standard InChI is InChI=1S/C10H18N2O4/c1-2-8(11)10(15)12-3-4-16-7(6-12)5-9(13)14/h7-8H,2-6,11H2,1H3,(H,13,14)/t7?,8-/m1/s1. The number of rotatable bonds is 4. The van der Waals surface area contributed by atoms with E-state index in [-0.39, 0.29) is 12.3 Å². The molecule has 0 spiro atoms. The van der Waals surface area contributed by atoms with Crippen molar-refractivity contribution >= 4 is 11.9 Å². The number of nitrogens with two attached hydrogens (primary N) is 1. The molecule has 3 N–H and O–H groups in total. The first-order chi connectivity index (χ1) is 7.54. The maximum absolute atomic E-state index is 11.8. The van der Waals surface area contributed by atoms with Gasteiger partial charge >= 0.3 is 5.97 Å². The Balaban J connectivity index is 2.49. The lowest BCUT2D eigenvalue weighted by Crippen LogP contribution is -2.51. The van der Waals surface area contributed by atoms with E-state index in [0.717, 1.165) is 0 Å². The van der Waals surface area contributed by atoms with Crippen molar-refractivity contribution < 1.29 is 19.4 Å². The molecule has 0 bridgehead atoms. The van der Waals surface area contributed by atoms with Crippen molar-refractivity contribution in [3.63, 3.8) is 0 Å². The van der Waals surface area contributed by atoms with Gasteiger partial charge < -0.3 is 20.5 Å². The van der Waals surface area contributed by atoms with E-state index < -0.39 is 18.1 Å². The molecule has 6 heteroatoms. The van der Waals surface area contributed by atoms with Crippen LogP contribution in [0.5, 0.6) is 0 Å². The zero-order valence-corrected chi connectivity index (χ0v) is 9.39. The molecule has 1 unspecified atom stereocenters. The molecule has 0 aromatic heterocycles. The fourth-order valence-electron chi connectivity index (χ4n) is 1.65. The lowest BCUT2D eigenvalue weighted by molar-refractivity contribution is -0.148. The maximum Gasteiger partial charge on any atom is 0.306 e. The zero-order valence-electron chi connectivity index (χ0n) is 9.39. The van der Waals surface area contributed by atoms with Crippen LogP contribution >= 0.6 is 0 Å². The summed E-state index contributed by atoms with van der Waals surface area (Å²) in [7, 11) is 0. The normalized spacial score (nSPS) is 22.9. The van der Waals surface area contributed by atoms with Crippen LogP contribution in [0.15, 0.2) is 0 Å². The highest BCUT2D eigenvalue weighted by atomic mass is 16.5. The van der Waals surface area contributed by atoms with Crippen LogP contribution in [-0.2, 0) is 14.3 Å². The van der Waals surface area contributed by atoms with Crippen molar-refractivity contribution in [1.82, 2.24) is 4.90 Å². The van der Waals surface area contributed by atoms with Crippen LogP contribution in [0, 0.1) is 0 Å². The molecular weight excluding hydrogens is 212 g/mol. The molecule has 1 heterocycles. The van der Waals surface area contributed by atoms with Gasteiger partial charge in [0, 0.05) is 13.1 Å². The Bertz CT molecular complexity index is 270. The smallest absolute Gasteiger partial charge is 0.306 e. The van der Waals surface area contributed by atoms with Gasteiger partial charge in [-0.2, -0.15) is 0 Å². The largest absolute Gasteiger partial charge is 0.481 e. The van der Waals surface area contributed by atoms with Crippen LogP contribution in [0.25, 0.3) is 0 Å². The molecule has 92 valence electrons. The summed E-state index contributed by atoms with van der Waals surface area (Å²) in [4.78, 5) is 23.9. The molecule has 0 radical (unpaired) electrons. The van der Waals surface area contributed by atoms with Gasteiger partial charge in [-0.1, -0.05) is 6.92 Å². The molecule has 16 heavy (non-hydrogen) atoms. The van der Waals surface area contributed by atoms with E-state index in [1.165, 1.54) is 0 Å². The molecule has 1 saturated heterocycles. The highest BCUT2D eigenvalue weighted by molar-refractivity contribution is 5.81. The second kappa shape index (κ2) is 5.81. The minimum Gasteiger partial charge on any atom is -0.481 e. The average Bonchev–Trinajstić information content (AvgIpc) is 2.26. The predicted molar refractivity (Wildman–Crippen MR) is 56.8 cm³/mol. The Morgan fingerprint density at radius 1 is 1.62 bits per heavy atom. The summed E-state index contributed by atoms with van der Waals surface area (Å²) in [6.07, 6.45) is 0.0875. The van der Waals surface area contributed by atoms with E-state index in [0.29, 0.717) is 26.1 Å². The number of carboxylic acids is 1. The third-order valence-corrected chi connectivity index (χ3v) is 2.61. The second-order valence-electron chi connectivity index (χ2n) is 3.89. The number of hydrogen-bond acceptors (Lipinski definition) is 4. The Labute approximate surface area is 94.3 Å². The van der Waals surface area contributed by atoms with Crippen molar-refractivity contribution in [2.24, 2.45) is 5.73 Å². The monoisotopic (exact) mass is 230 g/mol. The quantitative estimate of drug-likeness (QED) is 0.674. The van der Waals surface area contributed by atoms with Crippen LogP contribution in [0.1, 0.15) is 19.8 Å². The molecule has 0 aliphatic carbocycles. The Hall–Kier alpha value is -1.14. The highest BCUT2D eigenvalue weighted by Crippen LogP contribution is 2.10. The zero-order chi connectivity index (χ0) is 12.1. The molecule has 2 atom stereocenters. The van der Waals surface area contributed by atoms with Crippen LogP contribution < -0.4 is 5.73 Å². The number of amides is 1. The molecular formula is C10H18N2O4. The molecule has 1 rings (SSSR count). The molecule has 0 aromatic rings. The first-order valence-corrected chi connectivity index (χ1v) is 5.42. The number of morpholine rings is 1. The van der Waals surface area contributed by atoms with Crippen molar-refractivity contribution in [1.29, 1.82) is 0 Å². The van der Waals surface area contributed by atoms with Gasteiger partial charge in [0.05, 0.1) is 25.2 Å². The van der Waals surface area contributed by atoms with E-state index in [9.17, 15) is 9.59 Å². The Morgan fingerprint density at radius 2 is 2.31 bits per heavy atom. The van der Waals surface area contributed by atoms with Gasteiger partial charge in [-0.25, -0.2) is 0 Å². The molecule has 1 amide bonds. The molecule has 1 aliphatic rings. The van der Waals surface area contributed by atoms with E-state index >= 15 is 0 Å². The summed E-state index contributed by atoms with van der Waals surface area (Å²) in [5.74, 6) is -1.04. The van der Waals surface area contributed by atoms with Gasteiger partial charge in [-0.15, -0.1) is 0 Å². The van der Waals surface area contributed by atoms with Crippen LogP contribution in [0.4, 0.5) is 0 Å². The van der Waals surface area contributed by atoms with Gasteiger partial charge in [-0.3, -0.25) is 9.59 Å². The average molecular weight is 230 g/mol. The van der Waals surface area contributed by atoms with E-state index in [2.05, 4.69) is 0 Å². The summed E-state index contributed by atoms with van der Waals surface area (Å²) in [5, 5.41) is 8.64. The number of nitrogens with zero attached hydrogens (tertiary/aromatic N) is 1. The van der Waals surface area contributed by atoms with Crippen LogP contribution in [0.3, 0.4) is 0 Å². The lowest BCUT2D eigenvalue weighted by atomic mass is 10.1. The number of carbonyl (C=O) groups is 2. The summed E-state index contributed by atoms with van der Waals surface area (Å²) >= 11 is 0. The molecule has 1 fully saturated rings. The summed E-state index contributed by atoms with van der Waals surface area (Å²) in [6, 6.07) is -0.497. The van der Waals surface area contributed by atoms with Crippen LogP contribution in [-0.4, -0.2) is 53.7 Å². The molecule has 0 aromatic carbocycles. The summed E-state index contributed by atoms with van der Waals surface area (Å²) in [6.45, 7) is 3.03. The Morgan fingerprint density at radius 3 is 2.88 bits per heavy atom. The fourth-order valence-corrected chi connectivity index (χ4v) is 1.65. The number of aliphatic carboxylic acids is 1. The number of ether oxygens (including phenoxy) is 1. The van der Waals surface area contributed by atoms with Gasteiger partial charge in [0.1, 0.15) is 0 Å². The summed E-state index contributed by atoms with van der Waals surface area (Å²) < 4.78 is 5.27. The maximum atomic E-state index is 11.8. The van der Waals surface area contributed by atoms with Crippen molar-refractivity contribution in [3.05, 3.63) is 0 Å². The van der Waals surface area contributed by atoms with Crippen LogP contribution in [0.2, 0.25) is 0 Å². The highest BCUT2D eigenvalue weighted by Gasteiger charge is 2.27. The minimum absolute atomic E-state index is 0.0782. The summed E-state index contributed by atoms with van der Waals surface area (Å²) in [5.41, 5.74) is 5.65. The lowest BCUT2D eigenvalue weighted by Gasteiger charge is -2.33. The van der Waals surface area contributed by atoms with Gasteiger partial charge in [-0.05, 0) is 6.42 Å². The fraction of sp³-hybridized carbons (Fsp3) is 0.800. The van der Waals surface area contributed by atoms with Gasteiger partial charge in [0.25, 0.3) is 0 Å². The molecule has 1 aliphatic heterocycles. The van der Waals surface area contributed by atoms with Crippen molar-refractivity contribution in [2.45, 2.75) is 31.9 Å². The number of hydrogen-bond donors (Lipinski definition) is 2. The molecule has 6 nitrogen and oxygen atoms in total.